The van der Waals surface area contributed by atoms with Crippen LogP contribution in [0.2, 0.25) is 4.34 Å². The second-order valence-corrected chi connectivity index (χ2v) is 10.5. The van der Waals surface area contributed by atoms with Gasteiger partial charge in [0.05, 0.1) is 53.0 Å². The Morgan fingerprint density at radius 2 is 2.08 bits per heavy atom. The summed E-state index contributed by atoms with van der Waals surface area (Å²) >= 11 is 7.01. The second-order valence-electron chi connectivity index (χ2n) is 8.85. The molecule has 1 saturated carbocycles. The molecule has 9 nitrogen and oxygen atoms in total. The number of aliphatic hydroxyl groups excluding tert-OH is 1. The number of amides is 1. The van der Waals surface area contributed by atoms with Crippen LogP contribution >= 0.6 is 22.9 Å². The molecular formula is C25H21ClFN7O2S. The van der Waals surface area contributed by atoms with E-state index in [0.29, 0.717) is 45.3 Å². The fraction of sp³-hybridized carbons (Fsp3) is 0.240. The van der Waals surface area contributed by atoms with E-state index in [0.717, 1.165) is 23.5 Å². The minimum Gasteiger partial charge on any atom is -0.389 e. The van der Waals surface area contributed by atoms with Gasteiger partial charge in [-0.25, -0.2) is 14.4 Å². The summed E-state index contributed by atoms with van der Waals surface area (Å²) in [6.07, 6.45) is 5.67. The van der Waals surface area contributed by atoms with Crippen LogP contribution in [0.3, 0.4) is 0 Å². The smallest absolute Gasteiger partial charge is 0.280 e. The minimum absolute atomic E-state index is 0.231. The first-order valence-corrected chi connectivity index (χ1v) is 12.9. The van der Waals surface area contributed by atoms with E-state index in [2.05, 4.69) is 25.5 Å². The molecule has 1 amide bonds. The fourth-order valence-electron chi connectivity index (χ4n) is 4.90. The van der Waals surface area contributed by atoms with Gasteiger partial charge in [-0.15, -0.1) is 0 Å². The topological polar surface area (TPSA) is 122 Å². The molecule has 12 heteroatoms. The number of aromatic nitrogens is 6. The lowest BCUT2D eigenvalue weighted by Crippen LogP contribution is -2.49. The van der Waals surface area contributed by atoms with Gasteiger partial charge in [0.1, 0.15) is 21.5 Å². The Morgan fingerprint density at radius 1 is 1.22 bits per heavy atom. The first kappa shape index (κ1) is 23.7. The third kappa shape index (κ3) is 4.39. The number of halogens is 2. The summed E-state index contributed by atoms with van der Waals surface area (Å²) in [7, 11) is 0. The van der Waals surface area contributed by atoms with Crippen molar-refractivity contribution in [2.45, 2.75) is 37.5 Å². The van der Waals surface area contributed by atoms with Gasteiger partial charge >= 0.3 is 0 Å². The fourth-order valence-corrected chi connectivity index (χ4v) is 5.71. The molecule has 3 N–H and O–H groups in total. The molecule has 4 heterocycles. The van der Waals surface area contributed by atoms with Crippen molar-refractivity contribution >= 4 is 39.9 Å². The van der Waals surface area contributed by atoms with Gasteiger partial charge in [-0.05, 0) is 43.5 Å². The average molecular weight is 538 g/mol. The van der Waals surface area contributed by atoms with Gasteiger partial charge in [0, 0.05) is 6.20 Å². The standard InChI is InChI=1S/C25H21ClFN7O2S/c26-21-12-29-25(37-21)24(36)32-16-6-3-7-19(22(16)35)34-20-10-17(15-8-9-30-33-15)28-11-18(20)31-23(34)13-4-1-2-5-14(13)27/h1-2,4-5,8-12,16,19,22,35H,3,6-7H2,(H,30,33)(H,32,36)/t16-,19+,22+/m1/s1. The summed E-state index contributed by atoms with van der Waals surface area (Å²) < 4.78 is 17.3. The van der Waals surface area contributed by atoms with Gasteiger partial charge in [0.15, 0.2) is 5.01 Å². The SMILES string of the molecule is O=C(N[C@@H]1CCC[C@H](n2c(-c3ccccc3F)nc3cnc(-c4ccn[nH]4)cc32)[C@H]1O)c1ncc(Cl)s1. The Labute approximate surface area is 219 Å². The normalized spacial score (nSPS) is 19.8. The lowest BCUT2D eigenvalue weighted by molar-refractivity contribution is 0.0417. The quantitative estimate of drug-likeness (QED) is 0.301. The Hall–Kier alpha value is -3.67. The lowest BCUT2D eigenvalue weighted by Gasteiger charge is -2.36. The predicted molar refractivity (Wildman–Crippen MR) is 138 cm³/mol. The zero-order chi connectivity index (χ0) is 25.5. The van der Waals surface area contributed by atoms with Crippen molar-refractivity contribution < 1.29 is 14.3 Å². The molecule has 1 aromatic carbocycles. The van der Waals surface area contributed by atoms with Crippen LogP contribution in [-0.2, 0) is 0 Å². The molecule has 0 bridgehead atoms. The number of rotatable bonds is 5. The maximum atomic E-state index is 15.0. The number of aromatic amines is 1. The number of aliphatic hydroxyl groups is 1. The maximum Gasteiger partial charge on any atom is 0.280 e. The van der Waals surface area contributed by atoms with Crippen LogP contribution in [0.25, 0.3) is 33.8 Å². The number of nitrogens with one attached hydrogen (secondary N) is 2. The first-order chi connectivity index (χ1) is 18.0. The number of fused-ring (bicyclic) bond motifs is 1. The predicted octanol–water partition coefficient (Wildman–Crippen LogP) is 4.62. The van der Waals surface area contributed by atoms with Crippen LogP contribution < -0.4 is 5.32 Å². The summed E-state index contributed by atoms with van der Waals surface area (Å²) in [5.74, 6) is -0.423. The van der Waals surface area contributed by atoms with Crippen LogP contribution in [0.4, 0.5) is 4.39 Å². The highest BCUT2D eigenvalue weighted by Crippen LogP contribution is 2.38. The van der Waals surface area contributed by atoms with Crippen LogP contribution in [0.15, 0.2) is 55.0 Å². The monoisotopic (exact) mass is 537 g/mol. The van der Waals surface area contributed by atoms with Gasteiger partial charge in [-0.1, -0.05) is 35.1 Å². The molecule has 1 fully saturated rings. The zero-order valence-corrected chi connectivity index (χ0v) is 20.9. The van der Waals surface area contributed by atoms with Crippen LogP contribution in [0, 0.1) is 5.82 Å². The molecule has 0 aliphatic heterocycles. The van der Waals surface area contributed by atoms with Gasteiger partial charge < -0.3 is 15.0 Å². The molecular weight excluding hydrogens is 517 g/mol. The van der Waals surface area contributed by atoms with Crippen molar-refractivity contribution in [1.82, 2.24) is 35.0 Å². The van der Waals surface area contributed by atoms with Crippen molar-refractivity contribution in [2.24, 2.45) is 0 Å². The van der Waals surface area contributed by atoms with Gasteiger partial charge in [0.25, 0.3) is 5.91 Å². The molecule has 4 aromatic heterocycles. The number of hydrogen-bond donors (Lipinski definition) is 3. The summed E-state index contributed by atoms with van der Waals surface area (Å²) in [5.41, 5.74) is 2.94. The van der Waals surface area contributed by atoms with Crippen molar-refractivity contribution in [3.05, 3.63) is 70.1 Å². The molecule has 0 radical (unpaired) electrons. The van der Waals surface area contributed by atoms with Crippen molar-refractivity contribution in [1.29, 1.82) is 0 Å². The molecule has 6 rings (SSSR count). The van der Waals surface area contributed by atoms with E-state index in [-0.39, 0.29) is 5.01 Å². The largest absolute Gasteiger partial charge is 0.389 e. The minimum atomic E-state index is -0.958. The van der Waals surface area contributed by atoms with Crippen LogP contribution in [0.1, 0.15) is 35.1 Å². The van der Waals surface area contributed by atoms with E-state index in [1.165, 1.54) is 12.3 Å². The van der Waals surface area contributed by atoms with Gasteiger partial charge in [-0.3, -0.25) is 14.9 Å². The molecule has 0 unspecified atom stereocenters. The van der Waals surface area contributed by atoms with E-state index < -0.39 is 29.9 Å². The molecule has 37 heavy (non-hydrogen) atoms. The Kier molecular flexibility index (Phi) is 6.19. The third-order valence-corrected chi connectivity index (χ3v) is 7.72. The Bertz CT molecular complexity index is 1590. The second kappa shape index (κ2) is 9.66. The summed E-state index contributed by atoms with van der Waals surface area (Å²) in [6, 6.07) is 9.06. The number of carbonyl (C=O) groups excluding carboxylic acids is 1. The number of H-pyrrole nitrogens is 1. The lowest BCUT2D eigenvalue weighted by atomic mass is 9.87. The van der Waals surface area contributed by atoms with E-state index in [1.807, 2.05) is 10.6 Å². The van der Waals surface area contributed by atoms with Gasteiger partial charge in [0.2, 0.25) is 0 Å². The highest BCUT2D eigenvalue weighted by atomic mass is 35.5. The summed E-state index contributed by atoms with van der Waals surface area (Å²) in [5, 5.41) is 21.6. The number of hydrogen-bond acceptors (Lipinski definition) is 7. The van der Waals surface area contributed by atoms with Gasteiger partial charge in [-0.2, -0.15) is 5.10 Å². The van der Waals surface area contributed by atoms with E-state index in [9.17, 15) is 14.3 Å². The number of carbonyl (C=O) groups is 1. The van der Waals surface area contributed by atoms with E-state index in [4.69, 9.17) is 16.6 Å². The number of imidazole rings is 1. The number of nitrogens with zero attached hydrogens (tertiary/aromatic N) is 5. The number of thiazole rings is 1. The first-order valence-electron chi connectivity index (χ1n) is 11.7. The highest BCUT2D eigenvalue weighted by Gasteiger charge is 2.37. The average Bonchev–Trinajstić information content (AvgIpc) is 3.65. The van der Waals surface area contributed by atoms with Crippen molar-refractivity contribution in [3.63, 3.8) is 0 Å². The molecule has 0 saturated heterocycles. The van der Waals surface area contributed by atoms with Crippen LogP contribution in [0.5, 0.6) is 0 Å². The van der Waals surface area contributed by atoms with E-state index >= 15 is 0 Å². The molecule has 0 spiro atoms. The molecule has 5 aromatic rings. The number of benzene rings is 1. The van der Waals surface area contributed by atoms with E-state index in [1.54, 1.807) is 36.7 Å². The molecule has 3 atom stereocenters. The summed E-state index contributed by atoms with van der Waals surface area (Å²) in [6.45, 7) is 0. The molecule has 1 aliphatic carbocycles. The zero-order valence-electron chi connectivity index (χ0n) is 19.3. The molecule has 1 aliphatic rings. The van der Waals surface area contributed by atoms with Crippen molar-refractivity contribution in [2.75, 3.05) is 0 Å². The molecule has 188 valence electrons. The highest BCUT2D eigenvalue weighted by molar-refractivity contribution is 7.17. The third-order valence-electron chi connectivity index (χ3n) is 6.61. The van der Waals surface area contributed by atoms with Crippen LogP contribution in [-0.4, -0.2) is 52.9 Å². The Balaban J connectivity index is 1.44. The summed E-state index contributed by atoms with van der Waals surface area (Å²) in [4.78, 5) is 26.0. The number of pyridine rings is 1. The maximum absolute atomic E-state index is 15.0. The Morgan fingerprint density at radius 3 is 2.84 bits per heavy atom. The van der Waals surface area contributed by atoms with Crippen molar-refractivity contribution in [3.8, 4) is 22.8 Å².